The average molecular weight is 707 g/mol. The largest absolute Gasteiger partial charge is 0.463 e. The number of esters is 1. The summed E-state index contributed by atoms with van der Waals surface area (Å²) in [6, 6.07) is 0. The molecule has 0 aliphatic carbocycles. The van der Waals surface area contributed by atoms with E-state index in [2.05, 4.69) is 62.4 Å². The van der Waals surface area contributed by atoms with Crippen molar-refractivity contribution in [1.29, 1.82) is 0 Å². The highest BCUT2D eigenvalue weighted by Gasteiger charge is 2.38. The molecule has 0 fully saturated rings. The van der Waals surface area contributed by atoms with Crippen molar-refractivity contribution in [2.24, 2.45) is 5.92 Å². The van der Waals surface area contributed by atoms with E-state index in [0.717, 1.165) is 12.0 Å². The maximum absolute atomic E-state index is 14.1. The van der Waals surface area contributed by atoms with Crippen molar-refractivity contribution in [3.05, 3.63) is 37.0 Å². The molecule has 2 atom stereocenters. The molecule has 0 aromatic rings. The van der Waals surface area contributed by atoms with Gasteiger partial charge in [-0.3, -0.25) is 4.79 Å². The summed E-state index contributed by atoms with van der Waals surface area (Å²) in [7, 11) is 0. The molecule has 43 heavy (non-hydrogen) atoms. The summed E-state index contributed by atoms with van der Waals surface area (Å²) in [5.41, 5.74) is 0. The SMILES string of the molecule is C=C(CSOOC(=C)CS)OOCC(C)COCC(F)(F)COC(F)(F)COCC(COC(=O)CCS)OOC(=C)CS. The quantitative estimate of drug-likeness (QED) is 0.0142. The lowest BCUT2D eigenvalue weighted by Crippen LogP contribution is -2.38. The van der Waals surface area contributed by atoms with Crippen molar-refractivity contribution in [2.45, 2.75) is 31.5 Å². The van der Waals surface area contributed by atoms with E-state index >= 15 is 0 Å². The van der Waals surface area contributed by atoms with E-state index in [1.54, 1.807) is 6.92 Å². The van der Waals surface area contributed by atoms with Gasteiger partial charge in [-0.15, -0.1) is 4.33 Å². The molecule has 0 N–H and O–H groups in total. The highest BCUT2D eigenvalue weighted by Crippen LogP contribution is 2.23. The maximum Gasteiger partial charge on any atom is 0.379 e. The van der Waals surface area contributed by atoms with Crippen LogP contribution < -0.4 is 0 Å². The summed E-state index contributed by atoms with van der Waals surface area (Å²) in [6.07, 6.45) is -5.22. The number of hydrogen-bond acceptors (Lipinski definition) is 15. The first-order chi connectivity index (χ1) is 20.2. The van der Waals surface area contributed by atoms with Crippen LogP contribution >= 0.6 is 49.9 Å². The summed E-state index contributed by atoms with van der Waals surface area (Å²) in [4.78, 5) is 35.9. The molecule has 0 aliphatic heterocycles. The smallest absolute Gasteiger partial charge is 0.379 e. The van der Waals surface area contributed by atoms with Gasteiger partial charge >= 0.3 is 12.1 Å². The highest BCUT2D eigenvalue weighted by molar-refractivity contribution is 7.94. The number of ether oxygens (including phenoxy) is 4. The molecule has 0 aromatic carbocycles. The van der Waals surface area contributed by atoms with E-state index in [9.17, 15) is 22.4 Å². The number of carbonyl (C=O) groups excluding carboxylic acids is 1. The summed E-state index contributed by atoms with van der Waals surface area (Å²) in [5.74, 6) is -3.39. The molecular formula is C24H38F4O11S4. The number of rotatable bonds is 29. The minimum atomic E-state index is -4.08. The lowest BCUT2D eigenvalue weighted by atomic mass is 10.2. The predicted molar refractivity (Wildman–Crippen MR) is 159 cm³/mol. The standard InChI is InChI=1S/C24H38F4O11S4/c1-17(8-34-35-20(4)13-43-39-37-19(3)12-42)7-30-14-23(25,26)15-33-24(27,28)16-31-9-21(38-36-18(2)11-41)10-32-22(29)5-6-40/h17,21,40-42H,2-16H2,1H3. The van der Waals surface area contributed by atoms with Gasteiger partial charge in [-0.25, -0.2) is 8.78 Å². The van der Waals surface area contributed by atoms with Gasteiger partial charge < -0.3 is 33.6 Å². The number of halogens is 4. The minimum Gasteiger partial charge on any atom is -0.463 e. The Morgan fingerprint density at radius 2 is 1.49 bits per heavy atom. The Kier molecular flexibility index (Phi) is 23.7. The van der Waals surface area contributed by atoms with Crippen LogP contribution in [0.4, 0.5) is 17.6 Å². The van der Waals surface area contributed by atoms with E-state index in [-0.39, 0.29) is 54.2 Å². The second-order valence-electron chi connectivity index (χ2n) is 8.59. The van der Waals surface area contributed by atoms with Crippen LogP contribution in [-0.2, 0) is 52.5 Å². The van der Waals surface area contributed by atoms with Crippen LogP contribution in [-0.4, -0.2) is 93.4 Å². The Hall–Kier alpha value is -1.03. The molecule has 0 amide bonds. The van der Waals surface area contributed by atoms with Gasteiger partial charge in [0.15, 0.2) is 6.10 Å². The number of thiol groups is 3. The van der Waals surface area contributed by atoms with Crippen molar-refractivity contribution in [1.82, 2.24) is 0 Å². The molecule has 0 aliphatic rings. The first kappa shape index (κ1) is 42.0. The van der Waals surface area contributed by atoms with Crippen LogP contribution in [0.25, 0.3) is 0 Å². The van der Waals surface area contributed by atoms with E-state index in [0.29, 0.717) is 5.76 Å². The van der Waals surface area contributed by atoms with Gasteiger partial charge in [-0.1, -0.05) is 26.7 Å². The Balaban J connectivity index is 4.32. The normalized spacial score (nSPS) is 13.2. The van der Waals surface area contributed by atoms with Gasteiger partial charge in [-0.2, -0.15) is 56.4 Å². The number of carbonyl (C=O) groups is 1. The minimum absolute atomic E-state index is 0.00307. The third-order valence-electron chi connectivity index (χ3n) is 4.13. The zero-order chi connectivity index (χ0) is 32.7. The molecule has 0 radical (unpaired) electrons. The molecule has 2 unspecified atom stereocenters. The summed E-state index contributed by atoms with van der Waals surface area (Å²) >= 11 is 12.6. The first-order valence-electron chi connectivity index (χ1n) is 12.4. The van der Waals surface area contributed by atoms with Crippen LogP contribution in [0.1, 0.15) is 13.3 Å². The van der Waals surface area contributed by atoms with Crippen LogP contribution in [0.3, 0.4) is 0 Å². The third kappa shape index (κ3) is 24.9. The molecule has 0 saturated carbocycles. The lowest BCUT2D eigenvalue weighted by molar-refractivity contribution is -0.320. The number of alkyl halides is 4. The molecule has 0 heterocycles. The van der Waals surface area contributed by atoms with E-state index in [1.165, 1.54) is 0 Å². The van der Waals surface area contributed by atoms with Gasteiger partial charge in [-0.05, 0) is 0 Å². The fraction of sp³-hybridized carbons (Fsp3) is 0.708. The molecule has 252 valence electrons. The van der Waals surface area contributed by atoms with Crippen molar-refractivity contribution >= 4 is 55.9 Å². The Labute approximate surface area is 269 Å². The van der Waals surface area contributed by atoms with Crippen LogP contribution in [0, 0.1) is 5.92 Å². The van der Waals surface area contributed by atoms with Crippen molar-refractivity contribution in [3.8, 4) is 0 Å². The van der Waals surface area contributed by atoms with Crippen molar-refractivity contribution in [3.63, 3.8) is 0 Å². The summed E-state index contributed by atoms with van der Waals surface area (Å²) < 4.78 is 79.6. The summed E-state index contributed by atoms with van der Waals surface area (Å²) in [6.45, 7) is 6.78. The zero-order valence-electron chi connectivity index (χ0n) is 23.5. The lowest BCUT2D eigenvalue weighted by Gasteiger charge is -2.23. The average Bonchev–Trinajstić information content (AvgIpc) is 2.95. The molecule has 11 nitrogen and oxygen atoms in total. The Morgan fingerprint density at radius 3 is 2.14 bits per heavy atom. The molecule has 0 spiro atoms. The number of hydrogen-bond donors (Lipinski definition) is 3. The van der Waals surface area contributed by atoms with E-state index in [1.807, 2.05) is 0 Å². The summed E-state index contributed by atoms with van der Waals surface area (Å²) in [5, 5.41) is 0. The van der Waals surface area contributed by atoms with E-state index in [4.69, 9.17) is 43.0 Å². The zero-order valence-corrected chi connectivity index (χ0v) is 27.0. The van der Waals surface area contributed by atoms with Crippen LogP contribution in [0.2, 0.25) is 0 Å². The van der Waals surface area contributed by atoms with Gasteiger partial charge in [0.05, 0.1) is 55.5 Å². The Bertz CT molecular complexity index is 828. The topological polar surface area (TPSA) is 109 Å². The third-order valence-corrected chi connectivity index (χ3v) is 5.67. The second-order valence-corrected chi connectivity index (χ2v) is 10.3. The van der Waals surface area contributed by atoms with Crippen molar-refractivity contribution in [2.75, 3.05) is 69.3 Å². The first-order valence-corrected chi connectivity index (χ1v) is 15.2. The monoisotopic (exact) mass is 706 g/mol. The molecule has 0 aromatic heterocycles. The maximum atomic E-state index is 14.1. The van der Waals surface area contributed by atoms with Gasteiger partial charge in [0.25, 0.3) is 5.92 Å². The molecule has 0 rings (SSSR count). The van der Waals surface area contributed by atoms with E-state index < -0.39 is 63.1 Å². The Morgan fingerprint density at radius 1 is 0.837 bits per heavy atom. The van der Waals surface area contributed by atoms with Crippen molar-refractivity contribution < 1.29 is 70.1 Å². The van der Waals surface area contributed by atoms with Crippen LogP contribution in [0.5, 0.6) is 0 Å². The van der Waals surface area contributed by atoms with Gasteiger partial charge in [0.2, 0.25) is 0 Å². The molecule has 19 heteroatoms. The van der Waals surface area contributed by atoms with Gasteiger partial charge in [0, 0.05) is 11.7 Å². The fourth-order valence-electron chi connectivity index (χ4n) is 2.12. The van der Waals surface area contributed by atoms with Crippen LogP contribution in [0.15, 0.2) is 37.0 Å². The molecule has 0 bridgehead atoms. The second kappa shape index (κ2) is 24.2. The fourth-order valence-corrected chi connectivity index (χ4v) is 2.78. The molecule has 0 saturated heterocycles. The predicted octanol–water partition coefficient (Wildman–Crippen LogP) is 5.03. The molecular weight excluding hydrogens is 669 g/mol. The van der Waals surface area contributed by atoms with Gasteiger partial charge in [0.1, 0.15) is 43.7 Å². The highest BCUT2D eigenvalue weighted by atomic mass is 32.2.